The molecular weight excluding hydrogens is 382 g/mol. The molecule has 8 heteroatoms. The quantitative estimate of drug-likeness (QED) is 0.710. The molecule has 2 saturated heterocycles. The molecule has 0 aliphatic carbocycles. The van der Waals surface area contributed by atoms with Gasteiger partial charge in [0.25, 0.3) is 5.91 Å². The molecule has 156 valence electrons. The fourth-order valence-electron chi connectivity index (χ4n) is 3.58. The number of hydrogen-bond acceptors (Lipinski definition) is 5. The third-order valence-electron chi connectivity index (χ3n) is 5.06. The summed E-state index contributed by atoms with van der Waals surface area (Å²) in [6.07, 6.45) is 3.84. The Labute approximate surface area is 172 Å². The third-order valence-corrected chi connectivity index (χ3v) is 5.06. The fourth-order valence-corrected chi connectivity index (χ4v) is 3.58. The molecule has 2 aliphatic heterocycles. The van der Waals surface area contributed by atoms with E-state index in [2.05, 4.69) is 5.32 Å². The molecule has 0 saturated carbocycles. The maximum Gasteiger partial charge on any atom is 0.254 e. The number of ether oxygens (including phenoxy) is 2. The van der Waals surface area contributed by atoms with Crippen molar-refractivity contribution in [1.82, 2.24) is 10.2 Å². The second kappa shape index (κ2) is 11.2. The predicted octanol–water partition coefficient (Wildman–Crippen LogP) is 1.59. The van der Waals surface area contributed by atoms with Crippen LogP contribution in [0.2, 0.25) is 0 Å². The number of likely N-dealkylation sites (tertiary alicyclic amines) is 1. The lowest BCUT2D eigenvalue weighted by Gasteiger charge is -2.32. The largest absolute Gasteiger partial charge is 0.491 e. The Morgan fingerprint density at radius 1 is 1.29 bits per heavy atom. The van der Waals surface area contributed by atoms with Crippen LogP contribution in [0.1, 0.15) is 36.0 Å². The predicted molar refractivity (Wildman–Crippen MR) is 109 cm³/mol. The topological polar surface area (TPSA) is 93.9 Å². The molecule has 2 unspecified atom stereocenters. The molecule has 7 nitrogen and oxygen atoms in total. The van der Waals surface area contributed by atoms with Gasteiger partial charge in [-0.1, -0.05) is 6.07 Å². The minimum Gasteiger partial charge on any atom is -0.491 e. The summed E-state index contributed by atoms with van der Waals surface area (Å²) in [6, 6.07) is 7.24. The van der Waals surface area contributed by atoms with Crippen LogP contribution < -0.4 is 15.8 Å². The highest BCUT2D eigenvalue weighted by atomic mass is 35.5. The Morgan fingerprint density at radius 3 is 2.89 bits per heavy atom. The van der Waals surface area contributed by atoms with Crippen molar-refractivity contribution >= 4 is 24.2 Å². The summed E-state index contributed by atoms with van der Waals surface area (Å²) in [6.45, 7) is 3.29. The summed E-state index contributed by atoms with van der Waals surface area (Å²) in [5.74, 6) is 0.416. The van der Waals surface area contributed by atoms with Gasteiger partial charge in [0.15, 0.2) is 0 Å². The first-order valence-electron chi connectivity index (χ1n) is 9.79. The van der Waals surface area contributed by atoms with Gasteiger partial charge in [0, 0.05) is 38.3 Å². The number of carbonyl (C=O) groups is 2. The Balaban J connectivity index is 0.00000280. The number of rotatable bonds is 7. The van der Waals surface area contributed by atoms with Gasteiger partial charge in [-0.05, 0) is 43.9 Å². The lowest BCUT2D eigenvalue weighted by Crippen LogP contribution is -2.46. The van der Waals surface area contributed by atoms with Gasteiger partial charge in [-0.15, -0.1) is 12.4 Å². The van der Waals surface area contributed by atoms with Crippen molar-refractivity contribution in [2.75, 3.05) is 39.4 Å². The van der Waals surface area contributed by atoms with E-state index in [1.165, 1.54) is 0 Å². The molecule has 3 rings (SSSR count). The van der Waals surface area contributed by atoms with Crippen LogP contribution in [0.15, 0.2) is 24.3 Å². The number of hydrogen-bond donors (Lipinski definition) is 2. The van der Waals surface area contributed by atoms with Crippen molar-refractivity contribution in [2.45, 2.75) is 31.8 Å². The Kier molecular flexibility index (Phi) is 9.02. The maximum atomic E-state index is 12.9. The number of halogens is 1. The van der Waals surface area contributed by atoms with Crippen LogP contribution in [0.3, 0.4) is 0 Å². The van der Waals surface area contributed by atoms with Crippen LogP contribution in [0, 0.1) is 5.92 Å². The van der Waals surface area contributed by atoms with Crippen LogP contribution in [-0.2, 0) is 9.53 Å². The minimum absolute atomic E-state index is 0. The Bertz CT molecular complexity index is 652. The average molecular weight is 412 g/mol. The summed E-state index contributed by atoms with van der Waals surface area (Å²) in [5, 5.41) is 2.82. The number of carbonyl (C=O) groups excluding carboxylic acids is 2. The van der Waals surface area contributed by atoms with Gasteiger partial charge >= 0.3 is 0 Å². The Hall–Kier alpha value is -1.83. The molecule has 0 spiro atoms. The summed E-state index contributed by atoms with van der Waals surface area (Å²) in [7, 11) is 0. The molecule has 2 heterocycles. The van der Waals surface area contributed by atoms with Gasteiger partial charge in [-0.25, -0.2) is 0 Å². The second-order valence-corrected chi connectivity index (χ2v) is 7.14. The lowest BCUT2D eigenvalue weighted by molar-refractivity contribution is -0.126. The highest BCUT2D eigenvalue weighted by Crippen LogP contribution is 2.22. The molecule has 3 N–H and O–H groups in total. The van der Waals surface area contributed by atoms with E-state index in [0.717, 1.165) is 32.3 Å². The third kappa shape index (κ3) is 6.09. The van der Waals surface area contributed by atoms with E-state index >= 15 is 0 Å². The standard InChI is InChI=1S/C20H29N3O4.ClH/c21-8-9-22-19(24)16-5-2-10-23(13-16)20(25)15-4-1-6-17(12-15)27-14-18-7-3-11-26-18;/h1,4,6,12,16,18H,2-3,5,7-11,13-14,21H2,(H,22,24);1H. The van der Waals surface area contributed by atoms with E-state index in [0.29, 0.717) is 44.1 Å². The summed E-state index contributed by atoms with van der Waals surface area (Å²) in [5.41, 5.74) is 6.02. The number of benzene rings is 1. The van der Waals surface area contributed by atoms with Gasteiger partial charge in [0.2, 0.25) is 5.91 Å². The number of piperidine rings is 1. The van der Waals surface area contributed by atoms with Crippen molar-refractivity contribution < 1.29 is 19.1 Å². The van der Waals surface area contributed by atoms with Crippen LogP contribution in [0.5, 0.6) is 5.75 Å². The smallest absolute Gasteiger partial charge is 0.254 e. The highest BCUT2D eigenvalue weighted by molar-refractivity contribution is 5.95. The van der Waals surface area contributed by atoms with Crippen LogP contribution in [0.25, 0.3) is 0 Å². The van der Waals surface area contributed by atoms with Gasteiger partial charge in [-0.3, -0.25) is 9.59 Å². The molecule has 2 amide bonds. The summed E-state index contributed by atoms with van der Waals surface area (Å²) >= 11 is 0. The van der Waals surface area contributed by atoms with E-state index in [-0.39, 0.29) is 36.2 Å². The van der Waals surface area contributed by atoms with Crippen molar-refractivity contribution in [2.24, 2.45) is 11.7 Å². The summed E-state index contributed by atoms with van der Waals surface area (Å²) in [4.78, 5) is 26.8. The van der Waals surface area contributed by atoms with E-state index in [9.17, 15) is 9.59 Å². The Morgan fingerprint density at radius 2 is 2.14 bits per heavy atom. The van der Waals surface area contributed by atoms with Crippen LogP contribution in [0.4, 0.5) is 0 Å². The van der Waals surface area contributed by atoms with Crippen molar-refractivity contribution in [1.29, 1.82) is 0 Å². The lowest BCUT2D eigenvalue weighted by atomic mass is 9.96. The molecule has 1 aromatic rings. The monoisotopic (exact) mass is 411 g/mol. The number of nitrogens with zero attached hydrogens (tertiary/aromatic N) is 1. The van der Waals surface area contributed by atoms with Gasteiger partial charge in [-0.2, -0.15) is 0 Å². The molecule has 1 aromatic carbocycles. The summed E-state index contributed by atoms with van der Waals surface area (Å²) < 4.78 is 11.4. The maximum absolute atomic E-state index is 12.9. The number of nitrogens with one attached hydrogen (secondary N) is 1. The van der Waals surface area contributed by atoms with Crippen molar-refractivity contribution in [3.63, 3.8) is 0 Å². The van der Waals surface area contributed by atoms with Crippen LogP contribution in [-0.4, -0.2) is 62.2 Å². The molecule has 28 heavy (non-hydrogen) atoms. The molecule has 2 aliphatic rings. The van der Waals surface area contributed by atoms with Gasteiger partial charge < -0.3 is 25.4 Å². The van der Waals surface area contributed by atoms with E-state index in [1.54, 1.807) is 17.0 Å². The van der Waals surface area contributed by atoms with Crippen LogP contribution >= 0.6 is 12.4 Å². The van der Waals surface area contributed by atoms with Crippen molar-refractivity contribution in [3.05, 3.63) is 29.8 Å². The van der Waals surface area contributed by atoms with E-state index < -0.39 is 0 Å². The first-order valence-corrected chi connectivity index (χ1v) is 9.79. The molecule has 0 aromatic heterocycles. The zero-order valence-corrected chi connectivity index (χ0v) is 16.9. The first-order chi connectivity index (χ1) is 13.2. The van der Waals surface area contributed by atoms with E-state index in [1.807, 2.05) is 12.1 Å². The molecule has 2 fully saturated rings. The molecule has 2 atom stereocenters. The first kappa shape index (κ1) is 22.5. The number of amides is 2. The van der Waals surface area contributed by atoms with E-state index in [4.69, 9.17) is 15.2 Å². The highest BCUT2D eigenvalue weighted by Gasteiger charge is 2.28. The van der Waals surface area contributed by atoms with Crippen molar-refractivity contribution in [3.8, 4) is 5.75 Å². The fraction of sp³-hybridized carbons (Fsp3) is 0.600. The SMILES string of the molecule is Cl.NCCNC(=O)C1CCCN(C(=O)c2cccc(OCC3CCCO3)c2)C1. The molecule has 0 bridgehead atoms. The minimum atomic E-state index is -0.173. The molecule has 0 radical (unpaired) electrons. The van der Waals surface area contributed by atoms with Gasteiger partial charge in [0.05, 0.1) is 12.0 Å². The average Bonchev–Trinajstić information content (AvgIpc) is 3.24. The number of nitrogens with two attached hydrogens (primary N) is 1. The second-order valence-electron chi connectivity index (χ2n) is 7.14. The zero-order chi connectivity index (χ0) is 19.1. The normalized spacial score (nSPS) is 21.7. The molecular formula is C20H30ClN3O4. The zero-order valence-electron chi connectivity index (χ0n) is 16.1. The van der Waals surface area contributed by atoms with Gasteiger partial charge in [0.1, 0.15) is 12.4 Å².